The molecule has 1 aliphatic rings. The first-order valence-electron chi connectivity index (χ1n) is 8.32. The molecule has 3 rings (SSSR count). The maximum absolute atomic E-state index is 5.80. The van der Waals surface area contributed by atoms with Gasteiger partial charge in [0, 0.05) is 25.3 Å². The van der Waals surface area contributed by atoms with Gasteiger partial charge in [0.1, 0.15) is 0 Å². The third-order valence-corrected chi connectivity index (χ3v) is 4.37. The molecular weight excluding hydrogens is 274 g/mol. The van der Waals surface area contributed by atoms with Crippen molar-refractivity contribution in [3.05, 3.63) is 35.7 Å². The molecule has 1 aliphatic heterocycles. The Kier molecular flexibility index (Phi) is 4.73. The first-order chi connectivity index (χ1) is 10.8. The molecule has 0 spiro atoms. The maximum atomic E-state index is 5.80. The van der Waals surface area contributed by atoms with E-state index < -0.39 is 0 Å². The van der Waals surface area contributed by atoms with E-state index in [1.165, 1.54) is 31.6 Å². The van der Waals surface area contributed by atoms with Crippen LogP contribution in [0, 0.1) is 0 Å². The Labute approximate surface area is 132 Å². The van der Waals surface area contributed by atoms with E-state index in [0.717, 1.165) is 36.3 Å². The average molecular weight is 299 g/mol. The normalized spacial score (nSPS) is 14.7. The zero-order chi connectivity index (χ0) is 15.4. The van der Waals surface area contributed by atoms with Crippen LogP contribution in [0.5, 0.6) is 0 Å². The van der Waals surface area contributed by atoms with Crippen molar-refractivity contribution in [2.45, 2.75) is 45.6 Å². The van der Waals surface area contributed by atoms with Gasteiger partial charge in [-0.25, -0.2) is 4.68 Å². The summed E-state index contributed by atoms with van der Waals surface area (Å²) >= 11 is 0. The molecule has 5 heteroatoms. The number of nitrogens with two attached hydrogens (primary N) is 1. The molecule has 22 heavy (non-hydrogen) atoms. The Bertz CT molecular complexity index is 596. The molecular formula is C17H25N5. The molecule has 0 aliphatic carbocycles. The van der Waals surface area contributed by atoms with Gasteiger partial charge in [-0.2, -0.15) is 0 Å². The molecule has 0 unspecified atom stereocenters. The van der Waals surface area contributed by atoms with Crippen LogP contribution in [0.3, 0.4) is 0 Å². The lowest BCUT2D eigenvalue weighted by Gasteiger charge is -2.18. The molecule has 0 atom stereocenters. The Morgan fingerprint density at radius 3 is 2.41 bits per heavy atom. The molecule has 2 aromatic rings. The van der Waals surface area contributed by atoms with Crippen LogP contribution >= 0.6 is 0 Å². The number of unbranched alkanes of at least 4 members (excludes halogenated alkanes) is 1. The van der Waals surface area contributed by atoms with Crippen molar-refractivity contribution in [2.24, 2.45) is 5.73 Å². The van der Waals surface area contributed by atoms with Gasteiger partial charge in [0.05, 0.1) is 17.1 Å². The van der Waals surface area contributed by atoms with Crippen LogP contribution in [0.2, 0.25) is 0 Å². The fourth-order valence-electron chi connectivity index (χ4n) is 3.07. The van der Waals surface area contributed by atoms with Gasteiger partial charge in [0.25, 0.3) is 0 Å². The molecule has 0 saturated carbocycles. The van der Waals surface area contributed by atoms with Crippen LogP contribution in [0.1, 0.15) is 44.0 Å². The third kappa shape index (κ3) is 2.99. The van der Waals surface area contributed by atoms with Gasteiger partial charge in [-0.15, -0.1) is 5.10 Å². The van der Waals surface area contributed by atoms with Gasteiger partial charge in [0.15, 0.2) is 0 Å². The summed E-state index contributed by atoms with van der Waals surface area (Å²) in [6.45, 7) is 4.98. The highest BCUT2D eigenvalue weighted by Crippen LogP contribution is 2.22. The lowest BCUT2D eigenvalue weighted by molar-refractivity contribution is 0.714. The first kappa shape index (κ1) is 15.0. The number of hydrogen-bond acceptors (Lipinski definition) is 4. The third-order valence-electron chi connectivity index (χ3n) is 4.37. The van der Waals surface area contributed by atoms with Crippen molar-refractivity contribution in [1.82, 2.24) is 15.0 Å². The second-order valence-electron chi connectivity index (χ2n) is 5.91. The van der Waals surface area contributed by atoms with Crippen molar-refractivity contribution in [2.75, 3.05) is 18.0 Å². The molecule has 0 radical (unpaired) electrons. The van der Waals surface area contributed by atoms with Gasteiger partial charge < -0.3 is 10.6 Å². The molecule has 0 amide bonds. The summed E-state index contributed by atoms with van der Waals surface area (Å²) in [5.74, 6) is 0. The second kappa shape index (κ2) is 6.92. The fraction of sp³-hybridized carbons (Fsp3) is 0.529. The Balaban J connectivity index is 1.85. The van der Waals surface area contributed by atoms with Crippen molar-refractivity contribution < 1.29 is 0 Å². The van der Waals surface area contributed by atoms with Crippen LogP contribution in [-0.2, 0) is 13.0 Å². The second-order valence-corrected chi connectivity index (χ2v) is 5.91. The highest BCUT2D eigenvalue weighted by atomic mass is 15.4. The number of aromatic nitrogens is 3. The van der Waals surface area contributed by atoms with Gasteiger partial charge in [0.2, 0.25) is 0 Å². The number of hydrogen-bond donors (Lipinski definition) is 1. The van der Waals surface area contributed by atoms with E-state index in [4.69, 9.17) is 5.73 Å². The Hall–Kier alpha value is -1.88. The van der Waals surface area contributed by atoms with Crippen LogP contribution < -0.4 is 10.6 Å². The zero-order valence-electron chi connectivity index (χ0n) is 13.3. The number of benzene rings is 1. The fourth-order valence-corrected chi connectivity index (χ4v) is 3.07. The van der Waals surface area contributed by atoms with Crippen molar-refractivity contribution in [3.63, 3.8) is 0 Å². The van der Waals surface area contributed by atoms with E-state index >= 15 is 0 Å². The monoisotopic (exact) mass is 299 g/mol. The summed E-state index contributed by atoms with van der Waals surface area (Å²) < 4.78 is 1.95. The van der Waals surface area contributed by atoms with E-state index in [2.05, 4.69) is 46.4 Å². The Morgan fingerprint density at radius 2 is 1.77 bits per heavy atom. The van der Waals surface area contributed by atoms with Crippen LogP contribution in [0.4, 0.5) is 5.69 Å². The molecule has 118 valence electrons. The summed E-state index contributed by atoms with van der Waals surface area (Å²) in [5.41, 5.74) is 10.2. The highest BCUT2D eigenvalue weighted by Gasteiger charge is 2.15. The van der Waals surface area contributed by atoms with Gasteiger partial charge in [-0.05, 0) is 49.9 Å². The molecule has 1 aromatic carbocycles. The standard InChI is InChI=1S/C17H25N5/c1-2-3-6-17-16(13-18)19-20-22(17)15-9-7-14(8-10-15)21-11-4-5-12-21/h7-10H,2-6,11-13,18H2,1H3. The number of anilines is 1. The minimum atomic E-state index is 0.449. The van der Waals surface area contributed by atoms with Crippen molar-refractivity contribution in [1.29, 1.82) is 0 Å². The van der Waals surface area contributed by atoms with E-state index in [1.54, 1.807) is 0 Å². The summed E-state index contributed by atoms with van der Waals surface area (Å²) in [6, 6.07) is 8.65. The molecule has 2 N–H and O–H groups in total. The summed E-state index contributed by atoms with van der Waals surface area (Å²) in [7, 11) is 0. The summed E-state index contributed by atoms with van der Waals surface area (Å²) in [5, 5.41) is 8.55. The summed E-state index contributed by atoms with van der Waals surface area (Å²) in [4.78, 5) is 2.44. The zero-order valence-corrected chi connectivity index (χ0v) is 13.3. The van der Waals surface area contributed by atoms with Crippen LogP contribution in [0.15, 0.2) is 24.3 Å². The molecule has 1 aromatic heterocycles. The molecule has 1 saturated heterocycles. The quantitative estimate of drug-likeness (QED) is 0.891. The van der Waals surface area contributed by atoms with Crippen LogP contribution in [0.25, 0.3) is 5.69 Å². The SMILES string of the molecule is CCCCc1c(CN)nnn1-c1ccc(N2CCCC2)cc1. The van der Waals surface area contributed by atoms with E-state index in [1.807, 2.05) is 4.68 Å². The van der Waals surface area contributed by atoms with Crippen molar-refractivity contribution >= 4 is 5.69 Å². The molecule has 1 fully saturated rings. The smallest absolute Gasteiger partial charge is 0.0999 e. The van der Waals surface area contributed by atoms with Crippen molar-refractivity contribution in [3.8, 4) is 5.69 Å². The van der Waals surface area contributed by atoms with Gasteiger partial charge in [-0.1, -0.05) is 18.6 Å². The minimum Gasteiger partial charge on any atom is -0.372 e. The highest BCUT2D eigenvalue weighted by molar-refractivity contribution is 5.51. The lowest BCUT2D eigenvalue weighted by Crippen LogP contribution is -2.17. The predicted molar refractivity (Wildman–Crippen MR) is 89.3 cm³/mol. The first-order valence-corrected chi connectivity index (χ1v) is 8.32. The lowest BCUT2D eigenvalue weighted by atomic mass is 10.1. The minimum absolute atomic E-state index is 0.449. The molecule has 0 bridgehead atoms. The average Bonchev–Trinajstić information content (AvgIpc) is 3.22. The van der Waals surface area contributed by atoms with Gasteiger partial charge in [-0.3, -0.25) is 0 Å². The summed E-state index contributed by atoms with van der Waals surface area (Å²) in [6.07, 6.45) is 5.86. The maximum Gasteiger partial charge on any atom is 0.0999 e. The number of nitrogens with zero attached hydrogens (tertiary/aromatic N) is 4. The largest absolute Gasteiger partial charge is 0.372 e. The Morgan fingerprint density at radius 1 is 1.09 bits per heavy atom. The molecule has 2 heterocycles. The molecule has 5 nitrogen and oxygen atoms in total. The van der Waals surface area contributed by atoms with Crippen LogP contribution in [-0.4, -0.2) is 28.1 Å². The van der Waals surface area contributed by atoms with E-state index in [9.17, 15) is 0 Å². The number of rotatable bonds is 6. The topological polar surface area (TPSA) is 60.0 Å². The van der Waals surface area contributed by atoms with Gasteiger partial charge >= 0.3 is 0 Å². The predicted octanol–water partition coefficient (Wildman–Crippen LogP) is 2.67. The van der Waals surface area contributed by atoms with E-state index in [-0.39, 0.29) is 0 Å². The van der Waals surface area contributed by atoms with E-state index in [0.29, 0.717) is 6.54 Å².